The van der Waals surface area contributed by atoms with Gasteiger partial charge in [-0.15, -0.1) is 0 Å². The summed E-state index contributed by atoms with van der Waals surface area (Å²) in [6, 6.07) is 15.2. The lowest BCUT2D eigenvalue weighted by Gasteiger charge is -2.30. The number of halogens is 1. The Balaban J connectivity index is 1.92. The Morgan fingerprint density at radius 1 is 1.05 bits per heavy atom. The first-order chi connectivity index (χ1) is 18.3. The maximum absolute atomic E-state index is 13.3. The van der Waals surface area contributed by atoms with E-state index in [4.69, 9.17) is 0 Å². The van der Waals surface area contributed by atoms with Crippen LogP contribution in [0.15, 0.2) is 78.7 Å². The molecule has 2 aromatic rings. The Hall–Kier alpha value is -2.98. The van der Waals surface area contributed by atoms with E-state index in [1.165, 1.54) is 24.1 Å². The number of carbonyl (C=O) groups is 2. The zero-order chi connectivity index (χ0) is 27.8. The van der Waals surface area contributed by atoms with Crippen LogP contribution >= 0.6 is 11.9 Å². The molecule has 2 rings (SSSR count). The molecule has 0 aliphatic heterocycles. The zero-order valence-electron chi connectivity index (χ0n) is 22.1. The van der Waals surface area contributed by atoms with Crippen molar-refractivity contribution in [3.8, 4) is 0 Å². The standard InChI is InChI=1S/C29H39FN4O3S/c1-4-5-14-38-34(20-22(2)3)21-27(35)26(16-23-10-7-6-8-11-23)33-29(37)19-32-28(36)18-31-17-24-12-9-13-25(30)15-24/h4-15,22,26-27,31,35H,1,16-21H2,2-3H3,(H,32,36)(H,33,37)/b14-5+. The number of aliphatic hydroxyl groups is 1. The summed E-state index contributed by atoms with van der Waals surface area (Å²) in [5.74, 6) is -0.696. The largest absolute Gasteiger partial charge is 0.390 e. The molecule has 2 atom stereocenters. The third kappa shape index (κ3) is 13.0. The fourth-order valence-corrected chi connectivity index (χ4v) is 4.67. The molecule has 0 bridgehead atoms. The number of rotatable bonds is 17. The number of nitrogens with one attached hydrogen (secondary N) is 3. The lowest BCUT2D eigenvalue weighted by Crippen LogP contribution is -2.51. The molecule has 0 aliphatic rings. The van der Waals surface area contributed by atoms with Crippen molar-refractivity contribution in [2.24, 2.45) is 5.92 Å². The lowest BCUT2D eigenvalue weighted by molar-refractivity contribution is -0.126. The van der Waals surface area contributed by atoms with E-state index in [0.717, 1.165) is 17.7 Å². The highest BCUT2D eigenvalue weighted by Gasteiger charge is 2.24. The fourth-order valence-electron chi connectivity index (χ4n) is 3.70. The molecular weight excluding hydrogens is 503 g/mol. The third-order valence-corrected chi connectivity index (χ3v) is 6.32. The number of hydrogen-bond donors (Lipinski definition) is 4. The molecule has 0 radical (unpaired) electrons. The molecule has 2 unspecified atom stereocenters. The molecule has 0 saturated heterocycles. The molecular formula is C29H39FN4O3S. The van der Waals surface area contributed by atoms with E-state index >= 15 is 0 Å². The first-order valence-corrected chi connectivity index (χ1v) is 13.5. The SMILES string of the molecule is C=C/C=C/SN(CC(C)C)CC(O)C(Cc1ccccc1)NC(=O)CNC(=O)CNCc1cccc(F)c1. The van der Waals surface area contributed by atoms with E-state index in [1.54, 1.807) is 18.2 Å². The number of benzene rings is 2. The van der Waals surface area contributed by atoms with Gasteiger partial charge in [0.25, 0.3) is 0 Å². The molecule has 7 nitrogen and oxygen atoms in total. The summed E-state index contributed by atoms with van der Waals surface area (Å²) in [6.45, 7) is 9.10. The van der Waals surface area contributed by atoms with Gasteiger partial charge in [-0.25, -0.2) is 8.70 Å². The van der Waals surface area contributed by atoms with Gasteiger partial charge in [0.15, 0.2) is 0 Å². The fraction of sp³-hybridized carbons (Fsp3) is 0.379. The van der Waals surface area contributed by atoms with Gasteiger partial charge in [0, 0.05) is 19.6 Å². The van der Waals surface area contributed by atoms with Gasteiger partial charge in [0.2, 0.25) is 11.8 Å². The Morgan fingerprint density at radius 2 is 1.79 bits per heavy atom. The van der Waals surface area contributed by atoms with Crippen LogP contribution in [0, 0.1) is 11.7 Å². The predicted molar refractivity (Wildman–Crippen MR) is 153 cm³/mol. The summed E-state index contributed by atoms with van der Waals surface area (Å²) in [6.07, 6.45) is 3.13. The van der Waals surface area contributed by atoms with Crippen molar-refractivity contribution in [3.63, 3.8) is 0 Å². The quantitative estimate of drug-likeness (QED) is 0.181. The van der Waals surface area contributed by atoms with Crippen molar-refractivity contribution < 1.29 is 19.1 Å². The monoisotopic (exact) mass is 542 g/mol. The van der Waals surface area contributed by atoms with Crippen LogP contribution in [0.3, 0.4) is 0 Å². The highest BCUT2D eigenvalue weighted by Crippen LogP contribution is 2.17. The summed E-state index contributed by atoms with van der Waals surface area (Å²) in [7, 11) is 0. The highest BCUT2D eigenvalue weighted by molar-refractivity contribution is 7.99. The van der Waals surface area contributed by atoms with E-state index < -0.39 is 18.1 Å². The molecule has 0 saturated carbocycles. The number of amides is 2. The van der Waals surface area contributed by atoms with Gasteiger partial charge in [-0.05, 0) is 41.0 Å². The summed E-state index contributed by atoms with van der Waals surface area (Å²) in [5, 5.41) is 21.5. The molecule has 2 amide bonds. The van der Waals surface area contributed by atoms with E-state index in [1.807, 2.05) is 41.8 Å². The third-order valence-electron chi connectivity index (χ3n) is 5.44. The summed E-state index contributed by atoms with van der Waals surface area (Å²) >= 11 is 1.49. The number of nitrogens with zero attached hydrogens (tertiary/aromatic N) is 1. The summed E-state index contributed by atoms with van der Waals surface area (Å²) < 4.78 is 15.3. The Bertz CT molecular complexity index is 1040. The van der Waals surface area contributed by atoms with E-state index in [2.05, 4.69) is 40.7 Å². The first-order valence-electron chi connectivity index (χ1n) is 12.7. The topological polar surface area (TPSA) is 93.7 Å². The Morgan fingerprint density at radius 3 is 2.47 bits per heavy atom. The van der Waals surface area contributed by atoms with Gasteiger partial charge in [0.05, 0.1) is 25.2 Å². The van der Waals surface area contributed by atoms with Crippen LogP contribution in [-0.4, -0.2) is 59.6 Å². The van der Waals surface area contributed by atoms with Crippen LogP contribution < -0.4 is 16.0 Å². The number of hydrogen-bond acceptors (Lipinski definition) is 6. The van der Waals surface area contributed by atoms with Crippen LogP contribution in [0.2, 0.25) is 0 Å². The van der Waals surface area contributed by atoms with E-state index in [0.29, 0.717) is 25.4 Å². The van der Waals surface area contributed by atoms with Crippen LogP contribution in [0.4, 0.5) is 4.39 Å². The second-order valence-electron chi connectivity index (χ2n) is 9.35. The summed E-state index contributed by atoms with van der Waals surface area (Å²) in [4.78, 5) is 24.9. The predicted octanol–water partition coefficient (Wildman–Crippen LogP) is 3.43. The maximum Gasteiger partial charge on any atom is 0.239 e. The van der Waals surface area contributed by atoms with Crippen LogP contribution in [0.25, 0.3) is 0 Å². The smallest absolute Gasteiger partial charge is 0.239 e. The average Bonchev–Trinajstić information content (AvgIpc) is 2.87. The minimum Gasteiger partial charge on any atom is -0.390 e. The van der Waals surface area contributed by atoms with Crippen molar-refractivity contribution in [1.29, 1.82) is 0 Å². The molecule has 0 aromatic heterocycles. The first kappa shape index (κ1) is 31.2. The van der Waals surface area contributed by atoms with Crippen LogP contribution in [-0.2, 0) is 22.6 Å². The molecule has 9 heteroatoms. The summed E-state index contributed by atoms with van der Waals surface area (Å²) in [5.41, 5.74) is 1.70. The lowest BCUT2D eigenvalue weighted by atomic mass is 10.0. The minimum atomic E-state index is -0.842. The zero-order valence-corrected chi connectivity index (χ0v) is 22.9. The van der Waals surface area contributed by atoms with E-state index in [-0.39, 0.29) is 24.8 Å². The molecule has 206 valence electrons. The molecule has 4 N–H and O–H groups in total. The van der Waals surface area contributed by atoms with Crippen molar-refractivity contribution in [1.82, 2.24) is 20.3 Å². The number of aliphatic hydroxyl groups excluding tert-OH is 1. The second kappa shape index (κ2) is 17.5. The van der Waals surface area contributed by atoms with Gasteiger partial charge >= 0.3 is 0 Å². The molecule has 2 aromatic carbocycles. The maximum atomic E-state index is 13.3. The van der Waals surface area contributed by atoms with Gasteiger partial charge in [-0.1, -0.05) is 87.0 Å². The van der Waals surface area contributed by atoms with Crippen molar-refractivity contribution >= 4 is 23.8 Å². The molecule has 0 heterocycles. The molecule has 0 spiro atoms. The average molecular weight is 543 g/mol. The highest BCUT2D eigenvalue weighted by atomic mass is 32.2. The van der Waals surface area contributed by atoms with Gasteiger partial charge in [-0.2, -0.15) is 0 Å². The molecule has 0 fully saturated rings. The number of carbonyl (C=O) groups excluding carboxylic acids is 2. The van der Waals surface area contributed by atoms with Crippen molar-refractivity contribution in [2.75, 3.05) is 26.2 Å². The Labute approximate surface area is 229 Å². The second-order valence-corrected chi connectivity index (χ2v) is 10.4. The van der Waals surface area contributed by atoms with Crippen molar-refractivity contribution in [2.45, 2.75) is 39.0 Å². The van der Waals surface area contributed by atoms with Crippen LogP contribution in [0.1, 0.15) is 25.0 Å². The normalized spacial score (nSPS) is 13.0. The minimum absolute atomic E-state index is 0.0144. The molecule has 0 aliphatic carbocycles. The number of allylic oxidation sites excluding steroid dienone is 2. The van der Waals surface area contributed by atoms with Gasteiger partial charge < -0.3 is 21.1 Å². The van der Waals surface area contributed by atoms with Crippen LogP contribution in [0.5, 0.6) is 0 Å². The van der Waals surface area contributed by atoms with Gasteiger partial charge in [-0.3, -0.25) is 9.59 Å². The molecule has 38 heavy (non-hydrogen) atoms. The van der Waals surface area contributed by atoms with E-state index in [9.17, 15) is 19.1 Å². The Kier molecular flexibility index (Phi) is 14.4. The van der Waals surface area contributed by atoms with Crippen molar-refractivity contribution in [3.05, 3.63) is 95.7 Å². The van der Waals surface area contributed by atoms with Gasteiger partial charge in [0.1, 0.15) is 5.82 Å².